The summed E-state index contributed by atoms with van der Waals surface area (Å²) in [5.74, 6) is -0.0275. The molecule has 0 bridgehead atoms. The molecule has 3 N–H and O–H groups in total. The number of carbonyl (C=O) groups is 1. The van der Waals surface area contributed by atoms with Crippen LogP contribution in [0, 0.1) is 5.41 Å². The first-order chi connectivity index (χ1) is 12.3. The predicted molar refractivity (Wildman–Crippen MR) is 99.7 cm³/mol. The van der Waals surface area contributed by atoms with E-state index >= 15 is 0 Å². The second-order valence-corrected chi connectivity index (χ2v) is 7.73. The van der Waals surface area contributed by atoms with Crippen molar-refractivity contribution in [2.45, 2.75) is 39.0 Å². The third kappa shape index (κ3) is 3.59. The molecular formula is C21H25NO4. The van der Waals surface area contributed by atoms with Gasteiger partial charge in [-0.05, 0) is 27.7 Å². The number of fused-ring (bicyclic) bond motifs is 3. The van der Waals surface area contributed by atoms with Gasteiger partial charge in [0.15, 0.2) is 6.29 Å². The van der Waals surface area contributed by atoms with Crippen LogP contribution in [0.1, 0.15) is 37.8 Å². The molecule has 2 aromatic rings. The lowest BCUT2D eigenvalue weighted by Gasteiger charge is -2.32. The first-order valence-corrected chi connectivity index (χ1v) is 8.76. The summed E-state index contributed by atoms with van der Waals surface area (Å²) < 4.78 is 5.44. The molecule has 1 aliphatic rings. The average Bonchev–Trinajstić information content (AvgIpc) is 2.91. The van der Waals surface area contributed by atoms with Crippen LogP contribution < -0.4 is 5.32 Å². The Morgan fingerprint density at radius 1 is 1.04 bits per heavy atom. The molecule has 26 heavy (non-hydrogen) atoms. The van der Waals surface area contributed by atoms with Gasteiger partial charge in [-0.25, -0.2) is 4.79 Å². The number of nitrogens with one attached hydrogen (secondary N) is 1. The van der Waals surface area contributed by atoms with E-state index in [4.69, 9.17) is 4.74 Å². The molecular weight excluding hydrogens is 330 g/mol. The van der Waals surface area contributed by atoms with Crippen molar-refractivity contribution in [1.29, 1.82) is 0 Å². The van der Waals surface area contributed by atoms with Gasteiger partial charge in [-0.2, -0.15) is 0 Å². The van der Waals surface area contributed by atoms with Crippen LogP contribution in [0.2, 0.25) is 0 Å². The Morgan fingerprint density at radius 2 is 1.54 bits per heavy atom. The zero-order chi connectivity index (χ0) is 18.9. The molecule has 0 aromatic heterocycles. The van der Waals surface area contributed by atoms with Crippen molar-refractivity contribution in [3.63, 3.8) is 0 Å². The Labute approximate surface area is 153 Å². The molecule has 0 fully saturated rings. The van der Waals surface area contributed by atoms with Crippen LogP contribution in [0.4, 0.5) is 4.79 Å². The molecule has 5 nitrogen and oxygen atoms in total. The maximum Gasteiger partial charge on any atom is 0.407 e. The Hall–Kier alpha value is -2.37. The zero-order valence-corrected chi connectivity index (χ0v) is 15.3. The van der Waals surface area contributed by atoms with Gasteiger partial charge in [-0.15, -0.1) is 0 Å². The van der Waals surface area contributed by atoms with Crippen LogP contribution in [0.25, 0.3) is 11.1 Å². The van der Waals surface area contributed by atoms with Crippen molar-refractivity contribution >= 4 is 6.09 Å². The lowest BCUT2D eigenvalue weighted by atomic mass is 9.86. The van der Waals surface area contributed by atoms with Gasteiger partial charge in [0.2, 0.25) is 0 Å². The van der Waals surface area contributed by atoms with E-state index in [0.29, 0.717) is 0 Å². The fourth-order valence-electron chi connectivity index (χ4n) is 3.51. The van der Waals surface area contributed by atoms with Crippen LogP contribution in [-0.4, -0.2) is 35.2 Å². The van der Waals surface area contributed by atoms with Crippen molar-refractivity contribution in [3.05, 3.63) is 59.7 Å². The van der Waals surface area contributed by atoms with Gasteiger partial charge < -0.3 is 20.3 Å². The number of hydrogen-bond donors (Lipinski definition) is 3. The van der Waals surface area contributed by atoms with E-state index in [0.717, 1.165) is 22.3 Å². The summed E-state index contributed by atoms with van der Waals surface area (Å²) in [5, 5.41) is 21.6. The van der Waals surface area contributed by atoms with Crippen LogP contribution in [0.5, 0.6) is 0 Å². The molecule has 1 aliphatic carbocycles. The topological polar surface area (TPSA) is 78.8 Å². The number of aliphatic hydroxyl groups is 2. The van der Waals surface area contributed by atoms with Gasteiger partial charge in [0, 0.05) is 5.92 Å². The molecule has 1 amide bonds. The van der Waals surface area contributed by atoms with Crippen molar-refractivity contribution < 1.29 is 19.7 Å². The molecule has 0 saturated heterocycles. The third-order valence-electron chi connectivity index (χ3n) is 4.85. The van der Waals surface area contributed by atoms with E-state index in [1.807, 2.05) is 45.0 Å². The summed E-state index contributed by atoms with van der Waals surface area (Å²) >= 11 is 0. The van der Waals surface area contributed by atoms with Gasteiger partial charge in [0.05, 0.1) is 6.04 Å². The Kier molecular flexibility index (Phi) is 5.03. The van der Waals surface area contributed by atoms with Crippen LogP contribution in [-0.2, 0) is 4.74 Å². The molecule has 2 aromatic carbocycles. The second kappa shape index (κ2) is 7.09. The molecule has 0 unspecified atom stereocenters. The number of alkyl carbamates (subject to hydrolysis) is 1. The standard InChI is InChI=1S/C21H25NO4/c1-21(2,3)18(19(23)24)22-20(25)26-12-17-15-10-6-4-8-13(15)14-9-5-7-11-16(14)17/h4-11,17-19,23-24H,12H2,1-3H3,(H,22,25)/t18-/m1/s1. The minimum Gasteiger partial charge on any atom is -0.449 e. The van der Waals surface area contributed by atoms with Crippen LogP contribution in [0.3, 0.4) is 0 Å². The van der Waals surface area contributed by atoms with Gasteiger partial charge >= 0.3 is 6.09 Å². The molecule has 0 spiro atoms. The highest BCUT2D eigenvalue weighted by Gasteiger charge is 2.33. The molecule has 0 radical (unpaired) electrons. The van der Waals surface area contributed by atoms with E-state index in [-0.39, 0.29) is 12.5 Å². The predicted octanol–water partition coefficient (Wildman–Crippen LogP) is 3.25. The molecule has 138 valence electrons. The molecule has 1 atom stereocenters. The first-order valence-electron chi connectivity index (χ1n) is 8.76. The van der Waals surface area contributed by atoms with Crippen molar-refractivity contribution in [2.24, 2.45) is 5.41 Å². The summed E-state index contributed by atoms with van der Waals surface area (Å²) in [4.78, 5) is 12.2. The largest absolute Gasteiger partial charge is 0.449 e. The quantitative estimate of drug-likeness (QED) is 0.736. The highest BCUT2D eigenvalue weighted by Crippen LogP contribution is 2.44. The minimum absolute atomic E-state index is 0.0275. The summed E-state index contributed by atoms with van der Waals surface area (Å²) in [6, 6.07) is 15.4. The van der Waals surface area contributed by atoms with E-state index in [9.17, 15) is 15.0 Å². The zero-order valence-electron chi connectivity index (χ0n) is 15.3. The lowest BCUT2D eigenvalue weighted by Crippen LogP contribution is -2.51. The van der Waals surface area contributed by atoms with Gasteiger partial charge in [-0.3, -0.25) is 0 Å². The lowest BCUT2D eigenvalue weighted by molar-refractivity contribution is -0.0907. The molecule has 0 saturated carbocycles. The normalized spacial score (nSPS) is 14.7. The van der Waals surface area contributed by atoms with E-state index in [2.05, 4.69) is 29.6 Å². The number of benzene rings is 2. The second-order valence-electron chi connectivity index (χ2n) is 7.73. The van der Waals surface area contributed by atoms with Gasteiger partial charge in [0.1, 0.15) is 6.61 Å². The number of aliphatic hydroxyl groups excluding tert-OH is 1. The highest BCUT2D eigenvalue weighted by atomic mass is 16.5. The van der Waals surface area contributed by atoms with Crippen molar-refractivity contribution in [1.82, 2.24) is 5.32 Å². The Balaban J connectivity index is 1.73. The van der Waals surface area contributed by atoms with Crippen LogP contribution in [0.15, 0.2) is 48.5 Å². The molecule has 0 aliphatic heterocycles. The Morgan fingerprint density at radius 3 is 2.00 bits per heavy atom. The van der Waals surface area contributed by atoms with E-state index in [1.165, 1.54) is 0 Å². The number of hydrogen-bond acceptors (Lipinski definition) is 4. The van der Waals surface area contributed by atoms with Crippen molar-refractivity contribution in [3.8, 4) is 11.1 Å². The maximum atomic E-state index is 12.2. The fourth-order valence-corrected chi connectivity index (χ4v) is 3.51. The van der Waals surface area contributed by atoms with E-state index < -0.39 is 23.8 Å². The number of ether oxygens (including phenoxy) is 1. The smallest absolute Gasteiger partial charge is 0.407 e. The van der Waals surface area contributed by atoms with E-state index in [1.54, 1.807) is 0 Å². The van der Waals surface area contributed by atoms with Crippen LogP contribution >= 0.6 is 0 Å². The SMILES string of the molecule is CC(C)(C)[C@H](NC(=O)OCC1c2ccccc2-c2ccccc21)C(O)O. The number of carbonyl (C=O) groups excluding carboxylic acids is 1. The molecule has 0 heterocycles. The molecule has 3 rings (SSSR count). The minimum atomic E-state index is -1.66. The van der Waals surface area contributed by atoms with Gasteiger partial charge in [-0.1, -0.05) is 69.3 Å². The monoisotopic (exact) mass is 355 g/mol. The fraction of sp³-hybridized carbons (Fsp3) is 0.381. The van der Waals surface area contributed by atoms with Crippen molar-refractivity contribution in [2.75, 3.05) is 6.61 Å². The summed E-state index contributed by atoms with van der Waals surface area (Å²) in [7, 11) is 0. The third-order valence-corrected chi connectivity index (χ3v) is 4.85. The number of rotatable bonds is 4. The first kappa shape index (κ1) is 18.4. The summed E-state index contributed by atoms with van der Waals surface area (Å²) in [6.45, 7) is 5.65. The number of amides is 1. The Bertz CT molecular complexity index is 749. The highest BCUT2D eigenvalue weighted by molar-refractivity contribution is 5.79. The van der Waals surface area contributed by atoms with Gasteiger partial charge in [0.25, 0.3) is 0 Å². The molecule has 5 heteroatoms. The average molecular weight is 355 g/mol. The maximum absolute atomic E-state index is 12.2. The summed E-state index contributed by atoms with van der Waals surface area (Å²) in [6.07, 6.45) is -2.31. The summed E-state index contributed by atoms with van der Waals surface area (Å²) in [5.41, 5.74) is 4.08.